The van der Waals surface area contributed by atoms with Crippen molar-refractivity contribution in [2.45, 2.75) is 18.0 Å². The number of rotatable bonds is 6. The first kappa shape index (κ1) is 14.9. The molecule has 1 aromatic heterocycles. The summed E-state index contributed by atoms with van der Waals surface area (Å²) in [5.74, 6) is 1.97. The van der Waals surface area contributed by atoms with Gasteiger partial charge in [0.25, 0.3) is 0 Å². The fourth-order valence-corrected chi connectivity index (χ4v) is 3.21. The summed E-state index contributed by atoms with van der Waals surface area (Å²) < 4.78 is 2.07. The second-order valence-electron chi connectivity index (χ2n) is 5.17. The van der Waals surface area contributed by atoms with E-state index in [9.17, 15) is 0 Å². The maximum atomic E-state index is 4.32. The van der Waals surface area contributed by atoms with Gasteiger partial charge in [-0.3, -0.25) is 0 Å². The number of aromatic nitrogens is 3. The minimum Gasteiger partial charge on any atom is -0.305 e. The van der Waals surface area contributed by atoms with Gasteiger partial charge in [0.1, 0.15) is 0 Å². The highest BCUT2D eigenvalue weighted by atomic mass is 32.2. The average Bonchev–Trinajstić information content (AvgIpc) is 2.94. The molecule has 0 amide bonds. The molecule has 0 atom stereocenters. The van der Waals surface area contributed by atoms with Crippen LogP contribution in [-0.2, 0) is 13.5 Å². The predicted molar refractivity (Wildman–Crippen MR) is 91.9 cm³/mol. The second kappa shape index (κ2) is 7.27. The number of aryl methyl sites for hydroxylation is 1. The standard InChI is InChI=1S/C18H19N3S/c1-21-17(16-12-6-3-7-13-16)19-20-18(21)22-14-8-11-15-9-4-2-5-10-15/h2-7,9-10,12-13H,8,11,14H2,1H3. The highest BCUT2D eigenvalue weighted by Crippen LogP contribution is 2.23. The smallest absolute Gasteiger partial charge is 0.191 e. The normalized spacial score (nSPS) is 10.8. The van der Waals surface area contributed by atoms with Crippen LogP contribution in [0.4, 0.5) is 0 Å². The lowest BCUT2D eigenvalue weighted by Gasteiger charge is -2.04. The van der Waals surface area contributed by atoms with Gasteiger partial charge in [0.15, 0.2) is 11.0 Å². The Hall–Kier alpha value is -2.07. The number of hydrogen-bond acceptors (Lipinski definition) is 3. The first-order valence-corrected chi connectivity index (χ1v) is 8.44. The molecule has 0 saturated carbocycles. The molecule has 3 rings (SSSR count). The first-order valence-electron chi connectivity index (χ1n) is 7.46. The van der Waals surface area contributed by atoms with Crippen molar-refractivity contribution in [1.29, 1.82) is 0 Å². The van der Waals surface area contributed by atoms with E-state index in [1.807, 2.05) is 25.2 Å². The molecule has 0 aliphatic rings. The Morgan fingerprint density at radius 1 is 0.909 bits per heavy atom. The van der Waals surface area contributed by atoms with E-state index in [2.05, 4.69) is 57.2 Å². The summed E-state index contributed by atoms with van der Waals surface area (Å²) in [5, 5.41) is 9.61. The molecule has 1 heterocycles. The van der Waals surface area contributed by atoms with E-state index in [0.29, 0.717) is 0 Å². The summed E-state index contributed by atoms with van der Waals surface area (Å²) >= 11 is 1.77. The lowest BCUT2D eigenvalue weighted by atomic mass is 10.1. The third kappa shape index (κ3) is 3.57. The quantitative estimate of drug-likeness (QED) is 0.505. The molecule has 0 bridgehead atoms. The Bertz CT molecular complexity index is 708. The van der Waals surface area contributed by atoms with Gasteiger partial charge in [-0.25, -0.2) is 0 Å². The summed E-state index contributed by atoms with van der Waals surface area (Å²) in [7, 11) is 2.03. The van der Waals surface area contributed by atoms with E-state index in [0.717, 1.165) is 35.1 Å². The molecule has 4 heteroatoms. The zero-order valence-electron chi connectivity index (χ0n) is 12.6. The zero-order chi connectivity index (χ0) is 15.2. The Morgan fingerprint density at radius 2 is 1.59 bits per heavy atom. The van der Waals surface area contributed by atoms with Crippen molar-refractivity contribution in [1.82, 2.24) is 14.8 Å². The predicted octanol–water partition coefficient (Wildman–Crippen LogP) is 4.21. The van der Waals surface area contributed by atoms with Crippen molar-refractivity contribution in [2.75, 3.05) is 5.75 Å². The average molecular weight is 309 g/mol. The number of benzene rings is 2. The Balaban J connectivity index is 1.57. The van der Waals surface area contributed by atoms with E-state index in [1.165, 1.54) is 5.56 Å². The van der Waals surface area contributed by atoms with Gasteiger partial charge in [0, 0.05) is 18.4 Å². The first-order chi connectivity index (χ1) is 10.8. The lowest BCUT2D eigenvalue weighted by molar-refractivity contribution is 0.791. The molecular formula is C18H19N3S. The Labute approximate surface area is 135 Å². The molecule has 0 N–H and O–H groups in total. The van der Waals surface area contributed by atoms with Crippen molar-refractivity contribution in [2.24, 2.45) is 7.05 Å². The van der Waals surface area contributed by atoms with E-state index >= 15 is 0 Å². The van der Waals surface area contributed by atoms with Crippen molar-refractivity contribution in [3.8, 4) is 11.4 Å². The van der Waals surface area contributed by atoms with Crippen LogP contribution in [0.25, 0.3) is 11.4 Å². The van der Waals surface area contributed by atoms with E-state index in [4.69, 9.17) is 0 Å². The highest BCUT2D eigenvalue weighted by molar-refractivity contribution is 7.99. The molecule has 0 spiro atoms. The van der Waals surface area contributed by atoms with Crippen LogP contribution in [0, 0.1) is 0 Å². The van der Waals surface area contributed by atoms with Crippen molar-refractivity contribution < 1.29 is 0 Å². The Morgan fingerprint density at radius 3 is 2.32 bits per heavy atom. The van der Waals surface area contributed by atoms with Gasteiger partial charge in [-0.1, -0.05) is 72.4 Å². The highest BCUT2D eigenvalue weighted by Gasteiger charge is 2.10. The molecular weight excluding hydrogens is 290 g/mol. The summed E-state index contributed by atoms with van der Waals surface area (Å²) in [6, 6.07) is 20.8. The fourth-order valence-electron chi connectivity index (χ4n) is 2.36. The minimum atomic E-state index is 0.922. The maximum absolute atomic E-state index is 4.32. The molecule has 0 fully saturated rings. The van der Waals surface area contributed by atoms with Gasteiger partial charge < -0.3 is 4.57 Å². The molecule has 0 saturated heterocycles. The van der Waals surface area contributed by atoms with Crippen molar-refractivity contribution >= 4 is 11.8 Å². The van der Waals surface area contributed by atoms with Gasteiger partial charge >= 0.3 is 0 Å². The second-order valence-corrected chi connectivity index (χ2v) is 6.23. The molecule has 0 radical (unpaired) electrons. The molecule has 0 aliphatic heterocycles. The molecule has 22 heavy (non-hydrogen) atoms. The lowest BCUT2D eigenvalue weighted by Crippen LogP contribution is -1.95. The molecule has 2 aromatic carbocycles. The fraction of sp³-hybridized carbons (Fsp3) is 0.222. The summed E-state index contributed by atoms with van der Waals surface area (Å²) in [6.07, 6.45) is 2.25. The van der Waals surface area contributed by atoms with E-state index in [-0.39, 0.29) is 0 Å². The molecule has 3 aromatic rings. The summed E-state index contributed by atoms with van der Waals surface area (Å²) in [4.78, 5) is 0. The van der Waals surface area contributed by atoms with Gasteiger partial charge in [-0.05, 0) is 18.4 Å². The van der Waals surface area contributed by atoms with Crippen molar-refractivity contribution in [3.63, 3.8) is 0 Å². The topological polar surface area (TPSA) is 30.7 Å². The van der Waals surface area contributed by atoms with Crippen LogP contribution in [0.1, 0.15) is 12.0 Å². The summed E-state index contributed by atoms with van der Waals surface area (Å²) in [5.41, 5.74) is 2.50. The third-order valence-corrected chi connectivity index (χ3v) is 4.66. The van der Waals surface area contributed by atoms with Crippen LogP contribution < -0.4 is 0 Å². The van der Waals surface area contributed by atoms with Gasteiger partial charge in [-0.2, -0.15) is 0 Å². The van der Waals surface area contributed by atoms with Crippen LogP contribution in [0.2, 0.25) is 0 Å². The summed E-state index contributed by atoms with van der Waals surface area (Å²) in [6.45, 7) is 0. The third-order valence-electron chi connectivity index (χ3n) is 3.55. The molecule has 0 aliphatic carbocycles. The SMILES string of the molecule is Cn1c(SCCCc2ccccc2)nnc1-c1ccccc1. The monoisotopic (exact) mass is 309 g/mol. The van der Waals surface area contributed by atoms with Crippen molar-refractivity contribution in [3.05, 3.63) is 66.2 Å². The van der Waals surface area contributed by atoms with Gasteiger partial charge in [0.2, 0.25) is 0 Å². The zero-order valence-corrected chi connectivity index (χ0v) is 13.5. The van der Waals surface area contributed by atoms with Gasteiger partial charge in [-0.15, -0.1) is 10.2 Å². The number of hydrogen-bond donors (Lipinski definition) is 0. The largest absolute Gasteiger partial charge is 0.305 e. The molecule has 0 unspecified atom stereocenters. The molecule has 112 valence electrons. The molecule has 3 nitrogen and oxygen atoms in total. The number of thioether (sulfide) groups is 1. The van der Waals surface area contributed by atoms with E-state index in [1.54, 1.807) is 11.8 Å². The van der Waals surface area contributed by atoms with E-state index < -0.39 is 0 Å². The van der Waals surface area contributed by atoms with Crippen LogP contribution >= 0.6 is 11.8 Å². The van der Waals surface area contributed by atoms with Crippen LogP contribution in [0.5, 0.6) is 0 Å². The van der Waals surface area contributed by atoms with Crippen LogP contribution in [-0.4, -0.2) is 20.5 Å². The van der Waals surface area contributed by atoms with Crippen LogP contribution in [0.15, 0.2) is 65.8 Å². The maximum Gasteiger partial charge on any atom is 0.191 e. The number of nitrogens with zero attached hydrogens (tertiary/aromatic N) is 3. The van der Waals surface area contributed by atoms with Crippen LogP contribution in [0.3, 0.4) is 0 Å². The van der Waals surface area contributed by atoms with Gasteiger partial charge in [0.05, 0.1) is 0 Å². The minimum absolute atomic E-state index is 0.922. The Kier molecular flexibility index (Phi) is 4.91.